The molecule has 5 nitrogen and oxygen atoms in total. The van der Waals surface area contributed by atoms with Gasteiger partial charge in [0.25, 0.3) is 0 Å². The van der Waals surface area contributed by atoms with Gasteiger partial charge in [-0.05, 0) is 19.4 Å². The van der Waals surface area contributed by atoms with Crippen LogP contribution in [0, 0.1) is 0 Å². The van der Waals surface area contributed by atoms with Crippen LogP contribution in [-0.4, -0.2) is 29.6 Å². The van der Waals surface area contributed by atoms with E-state index in [1.54, 1.807) is 0 Å². The topological polar surface area (TPSA) is 92.4 Å². The average molecular weight is 208 g/mol. The lowest BCUT2D eigenvalue weighted by Crippen LogP contribution is -2.39. The highest BCUT2D eigenvalue weighted by molar-refractivity contribution is 6.92. The van der Waals surface area contributed by atoms with Crippen LogP contribution in [0.3, 0.4) is 0 Å². The van der Waals surface area contributed by atoms with Gasteiger partial charge in [-0.25, -0.2) is 4.79 Å². The minimum absolute atomic E-state index is 0. The molecule has 4 N–H and O–H groups in total. The van der Waals surface area contributed by atoms with E-state index in [1.165, 1.54) is 6.92 Å². The number of carbonyl (C=O) groups is 2. The summed E-state index contributed by atoms with van der Waals surface area (Å²) in [4.78, 5) is 21.0. The molecule has 0 aliphatic carbocycles. The van der Waals surface area contributed by atoms with Gasteiger partial charge in [-0.2, -0.15) is 9.90 Å². The fourth-order valence-corrected chi connectivity index (χ4v) is 0.825. The van der Waals surface area contributed by atoms with Crippen LogP contribution in [0.4, 0.5) is 0 Å². The number of hydrogen-bond acceptors (Lipinski definition) is 3. The predicted molar refractivity (Wildman–Crippen MR) is 54.6 cm³/mol. The van der Waals surface area contributed by atoms with Gasteiger partial charge in [0, 0.05) is 6.92 Å². The molecule has 78 valence electrons. The van der Waals surface area contributed by atoms with Crippen LogP contribution in [0.2, 0.25) is 0 Å². The van der Waals surface area contributed by atoms with E-state index in [1.807, 2.05) is 0 Å². The number of carboxylic acids is 1. The van der Waals surface area contributed by atoms with Crippen LogP contribution in [0.25, 0.3) is 0 Å². The normalized spacial score (nSPS) is 11.2. The molecule has 0 aliphatic rings. The van der Waals surface area contributed by atoms with Crippen LogP contribution in [-0.2, 0) is 9.59 Å². The molecule has 1 unspecified atom stereocenters. The highest BCUT2D eigenvalue weighted by Crippen LogP contribution is 1.95. The van der Waals surface area contributed by atoms with Gasteiger partial charge < -0.3 is 16.2 Å². The molecule has 0 saturated heterocycles. The van der Waals surface area contributed by atoms with Crippen molar-refractivity contribution in [1.82, 2.24) is 5.32 Å². The van der Waals surface area contributed by atoms with Crippen molar-refractivity contribution in [3.63, 3.8) is 0 Å². The van der Waals surface area contributed by atoms with E-state index in [4.69, 9.17) is 10.8 Å². The first-order valence-electron chi connectivity index (χ1n) is 3.78. The number of rotatable bonds is 5. The lowest BCUT2D eigenvalue weighted by molar-refractivity contribution is -0.141. The molecule has 6 heteroatoms. The molecule has 0 aromatic heterocycles. The molecule has 0 bridgehead atoms. The summed E-state index contributed by atoms with van der Waals surface area (Å²) in [6.45, 7) is 1.72. The number of amides is 1. The molecule has 1 amide bonds. The highest BCUT2D eigenvalue weighted by atomic mass is 31.0. The SMILES string of the molecule is CC(=O)N[C@@H](CCCN)C(=O)O.P. The van der Waals surface area contributed by atoms with E-state index in [0.717, 1.165) is 0 Å². The number of nitrogens with two attached hydrogens (primary N) is 1. The summed E-state index contributed by atoms with van der Waals surface area (Å²) >= 11 is 0. The van der Waals surface area contributed by atoms with Gasteiger partial charge in [-0.3, -0.25) is 4.79 Å². The molecule has 0 rings (SSSR count). The molecule has 0 aliphatic heterocycles. The van der Waals surface area contributed by atoms with Crippen molar-refractivity contribution < 1.29 is 14.7 Å². The third kappa shape index (κ3) is 7.68. The fraction of sp³-hybridized carbons (Fsp3) is 0.714. The standard InChI is InChI=1S/C7H14N2O3.H3P/c1-5(10)9-6(7(11)12)3-2-4-8;/h6H,2-4,8H2,1H3,(H,9,10)(H,11,12);1H3/t6-;/m0./s1. The first-order valence-corrected chi connectivity index (χ1v) is 3.78. The van der Waals surface area contributed by atoms with Gasteiger partial charge in [-0.15, -0.1) is 0 Å². The van der Waals surface area contributed by atoms with E-state index in [0.29, 0.717) is 19.4 Å². The zero-order valence-corrected chi connectivity index (χ0v) is 9.16. The summed E-state index contributed by atoms with van der Waals surface area (Å²) in [5.74, 6) is -1.35. The van der Waals surface area contributed by atoms with E-state index in [9.17, 15) is 9.59 Å². The number of aliphatic carboxylic acids is 1. The maximum absolute atomic E-state index is 10.5. The van der Waals surface area contributed by atoms with E-state index >= 15 is 0 Å². The van der Waals surface area contributed by atoms with E-state index < -0.39 is 12.0 Å². The van der Waals surface area contributed by atoms with Crippen molar-refractivity contribution in [3.8, 4) is 0 Å². The van der Waals surface area contributed by atoms with Crippen molar-refractivity contribution in [3.05, 3.63) is 0 Å². The molecule has 0 heterocycles. The van der Waals surface area contributed by atoms with Gasteiger partial charge in [0.2, 0.25) is 5.91 Å². The summed E-state index contributed by atoms with van der Waals surface area (Å²) in [5, 5.41) is 10.9. The lowest BCUT2D eigenvalue weighted by atomic mass is 10.1. The third-order valence-electron chi connectivity index (χ3n) is 1.37. The third-order valence-corrected chi connectivity index (χ3v) is 1.37. The lowest BCUT2D eigenvalue weighted by Gasteiger charge is -2.11. The van der Waals surface area contributed by atoms with Crippen LogP contribution in [0.15, 0.2) is 0 Å². The first kappa shape index (κ1) is 14.8. The van der Waals surface area contributed by atoms with Crippen molar-refractivity contribution in [2.24, 2.45) is 5.73 Å². The van der Waals surface area contributed by atoms with Crippen LogP contribution in [0.5, 0.6) is 0 Å². The molecule has 0 fully saturated rings. The molecule has 13 heavy (non-hydrogen) atoms. The van der Waals surface area contributed by atoms with Crippen molar-refractivity contribution in [1.29, 1.82) is 0 Å². The van der Waals surface area contributed by atoms with Gasteiger partial charge in [0.05, 0.1) is 0 Å². The second kappa shape index (κ2) is 7.95. The number of hydrogen-bond donors (Lipinski definition) is 3. The summed E-state index contributed by atoms with van der Waals surface area (Å²) in [5.41, 5.74) is 5.20. The zero-order chi connectivity index (χ0) is 9.56. The highest BCUT2D eigenvalue weighted by Gasteiger charge is 2.16. The van der Waals surface area contributed by atoms with E-state index in [2.05, 4.69) is 5.32 Å². The Hall–Kier alpha value is -0.670. The summed E-state index contributed by atoms with van der Waals surface area (Å²) in [6, 6.07) is -0.800. The Morgan fingerprint density at radius 1 is 1.54 bits per heavy atom. The second-order valence-electron chi connectivity index (χ2n) is 2.52. The number of carboxylic acid groups (broad SMARTS) is 1. The Labute approximate surface area is 80.7 Å². The Morgan fingerprint density at radius 2 is 2.08 bits per heavy atom. The largest absolute Gasteiger partial charge is 0.480 e. The Bertz CT molecular complexity index is 175. The molecular weight excluding hydrogens is 191 g/mol. The minimum atomic E-state index is -1.02. The molecule has 2 atom stereocenters. The summed E-state index contributed by atoms with van der Waals surface area (Å²) in [6.07, 6.45) is 0.975. The predicted octanol–water partition coefficient (Wildman–Crippen LogP) is -0.627. The number of nitrogens with one attached hydrogen (secondary N) is 1. The van der Waals surface area contributed by atoms with Gasteiger partial charge in [-0.1, -0.05) is 0 Å². The molecule has 0 spiro atoms. The minimum Gasteiger partial charge on any atom is -0.480 e. The van der Waals surface area contributed by atoms with Gasteiger partial charge in [0.1, 0.15) is 6.04 Å². The quantitative estimate of drug-likeness (QED) is 0.524. The summed E-state index contributed by atoms with van der Waals surface area (Å²) < 4.78 is 0. The molecule has 0 aromatic carbocycles. The first-order chi connectivity index (χ1) is 5.57. The van der Waals surface area contributed by atoms with Crippen LogP contribution in [0.1, 0.15) is 19.8 Å². The van der Waals surface area contributed by atoms with Crippen LogP contribution < -0.4 is 11.1 Å². The van der Waals surface area contributed by atoms with Crippen molar-refractivity contribution in [2.45, 2.75) is 25.8 Å². The van der Waals surface area contributed by atoms with Gasteiger partial charge >= 0.3 is 5.97 Å². The molecule has 0 saturated carbocycles. The Balaban J connectivity index is 0. The second-order valence-corrected chi connectivity index (χ2v) is 2.52. The maximum Gasteiger partial charge on any atom is 0.326 e. The average Bonchev–Trinajstić information content (AvgIpc) is 1.96. The monoisotopic (exact) mass is 208 g/mol. The zero-order valence-electron chi connectivity index (χ0n) is 7.75. The van der Waals surface area contributed by atoms with E-state index in [-0.39, 0.29) is 15.8 Å². The Morgan fingerprint density at radius 3 is 2.38 bits per heavy atom. The van der Waals surface area contributed by atoms with Gasteiger partial charge in [0.15, 0.2) is 0 Å². The summed E-state index contributed by atoms with van der Waals surface area (Å²) in [7, 11) is 0. The Kier molecular flexibility index (Phi) is 9.07. The maximum atomic E-state index is 10.5. The number of carbonyl (C=O) groups excluding carboxylic acids is 1. The molecule has 0 aromatic rings. The van der Waals surface area contributed by atoms with Crippen molar-refractivity contribution >= 4 is 21.8 Å². The fourth-order valence-electron chi connectivity index (χ4n) is 0.825. The van der Waals surface area contributed by atoms with Crippen molar-refractivity contribution in [2.75, 3.05) is 6.54 Å². The smallest absolute Gasteiger partial charge is 0.326 e. The molecule has 0 radical (unpaired) electrons. The van der Waals surface area contributed by atoms with Crippen LogP contribution >= 0.6 is 9.90 Å². The molecular formula is C7H17N2O3P.